The number of nitrogens with zero attached hydrogens (tertiary/aromatic N) is 1. The molecule has 0 spiro atoms. The Hall–Kier alpha value is -2.40. The van der Waals surface area contributed by atoms with Gasteiger partial charge in [0.05, 0.1) is 12.6 Å². The maximum atomic E-state index is 13.8. The summed E-state index contributed by atoms with van der Waals surface area (Å²) in [5, 5.41) is 6.73. The zero-order chi connectivity index (χ0) is 19.8. The van der Waals surface area contributed by atoms with Gasteiger partial charge in [0.1, 0.15) is 5.82 Å². The molecule has 28 heavy (non-hydrogen) atoms. The number of aliphatic imine (C=N–C) groups is 1. The van der Waals surface area contributed by atoms with Crippen molar-refractivity contribution in [1.82, 2.24) is 10.6 Å². The predicted octanol–water partition coefficient (Wildman–Crippen LogP) is 4.36. The van der Waals surface area contributed by atoms with E-state index in [1.54, 1.807) is 19.1 Å². The molecule has 0 aromatic heterocycles. The Bertz CT molecular complexity index is 779. The molecule has 0 aliphatic carbocycles. The molecule has 1 fully saturated rings. The highest BCUT2D eigenvalue weighted by molar-refractivity contribution is 5.79. The van der Waals surface area contributed by atoms with Gasteiger partial charge in [-0.15, -0.1) is 0 Å². The Morgan fingerprint density at radius 1 is 1.18 bits per heavy atom. The fourth-order valence-electron chi connectivity index (χ4n) is 3.54. The zero-order valence-corrected chi connectivity index (χ0v) is 16.7. The zero-order valence-electron chi connectivity index (χ0n) is 16.7. The summed E-state index contributed by atoms with van der Waals surface area (Å²) in [5.41, 5.74) is 2.75. The van der Waals surface area contributed by atoms with Crippen LogP contribution in [0, 0.1) is 18.7 Å². The first kappa shape index (κ1) is 20.3. The molecule has 1 aliphatic rings. The lowest BCUT2D eigenvalue weighted by Gasteiger charge is -2.32. The van der Waals surface area contributed by atoms with Crippen LogP contribution in [0.4, 0.5) is 4.39 Å². The molecule has 2 unspecified atom stereocenters. The van der Waals surface area contributed by atoms with Gasteiger partial charge in [-0.1, -0.05) is 42.5 Å². The Balaban J connectivity index is 1.63. The normalized spacial score (nSPS) is 20.0. The molecule has 1 heterocycles. The number of hydrogen-bond donors (Lipinski definition) is 2. The second-order valence-corrected chi connectivity index (χ2v) is 7.26. The van der Waals surface area contributed by atoms with Crippen molar-refractivity contribution >= 4 is 5.96 Å². The second kappa shape index (κ2) is 10.2. The van der Waals surface area contributed by atoms with E-state index in [1.807, 2.05) is 19.1 Å². The number of benzene rings is 2. The molecule has 3 rings (SSSR count). The maximum Gasteiger partial charge on any atom is 0.191 e. The summed E-state index contributed by atoms with van der Waals surface area (Å²) < 4.78 is 19.8. The predicted molar refractivity (Wildman–Crippen MR) is 112 cm³/mol. The molecule has 0 radical (unpaired) electrons. The van der Waals surface area contributed by atoms with Crippen molar-refractivity contribution in [3.8, 4) is 0 Å². The summed E-state index contributed by atoms with van der Waals surface area (Å²) in [4.78, 5) is 4.62. The highest BCUT2D eigenvalue weighted by atomic mass is 19.1. The summed E-state index contributed by atoms with van der Waals surface area (Å²) in [7, 11) is 0. The van der Waals surface area contributed by atoms with Gasteiger partial charge in [-0.2, -0.15) is 0 Å². The average molecular weight is 384 g/mol. The van der Waals surface area contributed by atoms with Crippen molar-refractivity contribution < 1.29 is 9.13 Å². The molecule has 1 saturated heterocycles. The molecule has 2 aromatic rings. The summed E-state index contributed by atoms with van der Waals surface area (Å²) in [6, 6.07) is 15.7. The van der Waals surface area contributed by atoms with Crippen molar-refractivity contribution in [2.45, 2.75) is 39.3 Å². The van der Waals surface area contributed by atoms with E-state index in [-0.39, 0.29) is 11.9 Å². The van der Waals surface area contributed by atoms with Crippen LogP contribution in [0.1, 0.15) is 42.6 Å². The molecule has 0 amide bonds. The number of ether oxygens (including phenoxy) is 1. The lowest BCUT2D eigenvalue weighted by Crippen LogP contribution is -2.42. The van der Waals surface area contributed by atoms with E-state index in [4.69, 9.17) is 4.74 Å². The van der Waals surface area contributed by atoms with E-state index >= 15 is 0 Å². The standard InChI is InChI=1S/C23H30FN3O/c1-3-25-23(26-15-18-12-11-17(2)21(24)14-18)27-16-20-10-7-13-28-22(20)19-8-5-4-6-9-19/h4-6,8-9,11-12,14,20,22H,3,7,10,13,15-16H2,1-2H3,(H2,25,26,27). The molecule has 4 nitrogen and oxygen atoms in total. The molecule has 2 N–H and O–H groups in total. The van der Waals surface area contributed by atoms with Gasteiger partial charge in [0.25, 0.3) is 0 Å². The van der Waals surface area contributed by atoms with Crippen molar-refractivity contribution in [1.29, 1.82) is 0 Å². The molecule has 5 heteroatoms. The van der Waals surface area contributed by atoms with Gasteiger partial charge in [0.2, 0.25) is 0 Å². The van der Waals surface area contributed by atoms with Gasteiger partial charge in [0, 0.05) is 25.6 Å². The Labute approximate surface area is 167 Å². The first-order valence-corrected chi connectivity index (χ1v) is 10.1. The fraction of sp³-hybridized carbons (Fsp3) is 0.435. The van der Waals surface area contributed by atoms with Crippen LogP contribution < -0.4 is 10.6 Å². The highest BCUT2D eigenvalue weighted by Crippen LogP contribution is 2.33. The lowest BCUT2D eigenvalue weighted by atomic mass is 9.89. The topological polar surface area (TPSA) is 45.7 Å². The Kier molecular flexibility index (Phi) is 7.43. The van der Waals surface area contributed by atoms with E-state index in [2.05, 4.69) is 39.9 Å². The Morgan fingerprint density at radius 2 is 2.00 bits per heavy atom. The van der Waals surface area contributed by atoms with E-state index in [9.17, 15) is 4.39 Å². The minimum atomic E-state index is -0.185. The minimum absolute atomic E-state index is 0.108. The van der Waals surface area contributed by atoms with Gasteiger partial charge in [0.15, 0.2) is 5.96 Å². The number of halogens is 1. The third kappa shape index (κ3) is 5.55. The molecule has 1 aliphatic heterocycles. The molecule has 2 atom stereocenters. The van der Waals surface area contributed by atoms with E-state index < -0.39 is 0 Å². The average Bonchev–Trinajstić information content (AvgIpc) is 2.73. The number of guanidine groups is 1. The molecule has 0 saturated carbocycles. The van der Waals surface area contributed by atoms with E-state index in [0.29, 0.717) is 18.0 Å². The van der Waals surface area contributed by atoms with E-state index in [1.165, 1.54) is 5.56 Å². The number of rotatable bonds is 6. The largest absolute Gasteiger partial charge is 0.373 e. The van der Waals surface area contributed by atoms with Crippen LogP contribution in [-0.4, -0.2) is 25.7 Å². The van der Waals surface area contributed by atoms with Crippen LogP contribution in [0.5, 0.6) is 0 Å². The van der Waals surface area contributed by atoms with Crippen molar-refractivity contribution in [2.75, 3.05) is 19.7 Å². The van der Waals surface area contributed by atoms with Gasteiger partial charge in [-0.25, -0.2) is 9.38 Å². The minimum Gasteiger partial charge on any atom is -0.373 e. The third-order valence-corrected chi connectivity index (χ3v) is 5.10. The van der Waals surface area contributed by atoms with Gasteiger partial charge in [-0.05, 0) is 49.4 Å². The number of aryl methyl sites for hydroxylation is 1. The van der Waals surface area contributed by atoms with Crippen LogP contribution in [0.15, 0.2) is 53.5 Å². The third-order valence-electron chi connectivity index (χ3n) is 5.10. The Morgan fingerprint density at radius 3 is 2.75 bits per heavy atom. The molecular weight excluding hydrogens is 353 g/mol. The fourth-order valence-corrected chi connectivity index (χ4v) is 3.54. The van der Waals surface area contributed by atoms with Crippen LogP contribution in [0.25, 0.3) is 0 Å². The van der Waals surface area contributed by atoms with Crippen molar-refractivity contribution in [2.24, 2.45) is 10.9 Å². The van der Waals surface area contributed by atoms with Crippen LogP contribution in [-0.2, 0) is 11.3 Å². The summed E-state index contributed by atoms with van der Waals surface area (Å²) in [5.74, 6) is 0.952. The van der Waals surface area contributed by atoms with Crippen LogP contribution in [0.3, 0.4) is 0 Å². The summed E-state index contributed by atoms with van der Waals surface area (Å²) >= 11 is 0. The first-order valence-electron chi connectivity index (χ1n) is 10.1. The number of hydrogen-bond acceptors (Lipinski definition) is 2. The van der Waals surface area contributed by atoms with Crippen molar-refractivity contribution in [3.05, 3.63) is 71.0 Å². The highest BCUT2D eigenvalue weighted by Gasteiger charge is 2.27. The maximum absolute atomic E-state index is 13.8. The van der Waals surface area contributed by atoms with Gasteiger partial charge >= 0.3 is 0 Å². The van der Waals surface area contributed by atoms with Crippen LogP contribution in [0.2, 0.25) is 0 Å². The SMILES string of the molecule is CCNC(=NCc1ccc(C)c(F)c1)NCC1CCCOC1c1ccccc1. The van der Waals surface area contributed by atoms with Gasteiger partial charge < -0.3 is 15.4 Å². The van der Waals surface area contributed by atoms with Gasteiger partial charge in [-0.3, -0.25) is 0 Å². The second-order valence-electron chi connectivity index (χ2n) is 7.26. The molecule has 0 bridgehead atoms. The quantitative estimate of drug-likeness (QED) is 0.576. The summed E-state index contributed by atoms with van der Waals surface area (Å²) in [6.45, 7) is 6.62. The molecule has 2 aromatic carbocycles. The van der Waals surface area contributed by atoms with Crippen molar-refractivity contribution in [3.63, 3.8) is 0 Å². The monoisotopic (exact) mass is 383 g/mol. The van der Waals surface area contributed by atoms with Crippen LogP contribution >= 0.6 is 0 Å². The summed E-state index contributed by atoms with van der Waals surface area (Å²) in [6.07, 6.45) is 2.30. The molecular formula is C23H30FN3O. The smallest absolute Gasteiger partial charge is 0.191 e. The van der Waals surface area contributed by atoms with E-state index in [0.717, 1.165) is 44.1 Å². The lowest BCUT2D eigenvalue weighted by molar-refractivity contribution is -0.0265. The molecule has 150 valence electrons. The number of nitrogens with one attached hydrogen (secondary N) is 2. The first-order chi connectivity index (χ1) is 13.7.